The summed E-state index contributed by atoms with van der Waals surface area (Å²) in [7, 11) is 0.331. The van der Waals surface area contributed by atoms with E-state index in [1.807, 2.05) is 0 Å². The number of thiophene rings is 1. The minimum Gasteiger partial charge on any atom is -0.487 e. The number of carbonyl (C=O) groups is 1. The Morgan fingerprint density at radius 1 is 1.43 bits per heavy atom. The molecule has 118 valence electrons. The summed E-state index contributed by atoms with van der Waals surface area (Å²) in [5.41, 5.74) is -1.45. The Labute approximate surface area is 127 Å². The molecule has 0 aromatic carbocycles. The third-order valence-electron chi connectivity index (χ3n) is 3.84. The van der Waals surface area contributed by atoms with Gasteiger partial charge in [0.2, 0.25) is 0 Å². The first-order valence-corrected chi connectivity index (χ1v) is 8.42. The predicted octanol–water partition coefficient (Wildman–Crippen LogP) is 1.01. The number of aliphatic carboxylic acids is 1. The summed E-state index contributed by atoms with van der Waals surface area (Å²) < 4.78 is 36.2. The van der Waals surface area contributed by atoms with Gasteiger partial charge in [-0.25, -0.2) is 8.42 Å². The molecule has 1 heterocycles. The fourth-order valence-electron chi connectivity index (χ4n) is 2.34. The van der Waals surface area contributed by atoms with Crippen LogP contribution in [0.1, 0.15) is 12.8 Å². The lowest BCUT2D eigenvalue weighted by Gasteiger charge is -2.47. The maximum atomic E-state index is 12.6. The second-order valence-corrected chi connectivity index (χ2v) is 8.10. The van der Waals surface area contributed by atoms with Gasteiger partial charge in [-0.1, -0.05) is 11.3 Å². The highest BCUT2D eigenvalue weighted by Crippen LogP contribution is 2.43. The van der Waals surface area contributed by atoms with Crippen LogP contribution in [0.5, 0.6) is 5.06 Å². The van der Waals surface area contributed by atoms with Gasteiger partial charge in [0, 0.05) is 27.0 Å². The van der Waals surface area contributed by atoms with Gasteiger partial charge in [0.1, 0.15) is 9.75 Å². The van der Waals surface area contributed by atoms with Crippen LogP contribution in [0.3, 0.4) is 0 Å². The van der Waals surface area contributed by atoms with E-state index in [1.165, 1.54) is 33.4 Å². The summed E-state index contributed by atoms with van der Waals surface area (Å²) in [6, 6.07) is 2.95. The molecule has 0 radical (unpaired) electrons. The first kappa shape index (κ1) is 16.2. The fraction of sp³-hybridized carbons (Fsp3) is 0.583. The molecule has 0 atom stereocenters. The summed E-state index contributed by atoms with van der Waals surface area (Å²) in [5.74, 6) is -1.16. The largest absolute Gasteiger partial charge is 0.487 e. The molecule has 21 heavy (non-hydrogen) atoms. The molecule has 9 heteroatoms. The number of sulfonamides is 1. The lowest BCUT2D eigenvalue weighted by atomic mass is 9.74. The zero-order chi connectivity index (χ0) is 15.8. The van der Waals surface area contributed by atoms with Gasteiger partial charge < -0.3 is 14.6 Å². The predicted molar refractivity (Wildman–Crippen MR) is 76.2 cm³/mol. The van der Waals surface area contributed by atoms with Gasteiger partial charge >= 0.3 is 5.97 Å². The molecule has 2 rings (SSSR count). The van der Waals surface area contributed by atoms with Gasteiger partial charge in [-0.2, -0.15) is 4.31 Å². The minimum absolute atomic E-state index is 0.0586. The summed E-state index contributed by atoms with van der Waals surface area (Å²) >= 11 is 0.961. The molecule has 1 aromatic heterocycles. The number of carboxylic acid groups (broad SMARTS) is 1. The van der Waals surface area contributed by atoms with E-state index in [4.69, 9.17) is 9.47 Å². The Balaban J connectivity index is 2.32. The number of rotatable bonds is 6. The van der Waals surface area contributed by atoms with Crippen molar-refractivity contribution in [3.8, 4) is 5.06 Å². The van der Waals surface area contributed by atoms with Crippen molar-refractivity contribution in [3.05, 3.63) is 12.1 Å². The molecule has 0 saturated heterocycles. The topological polar surface area (TPSA) is 93.1 Å². The number of ether oxygens (including phenoxy) is 2. The minimum atomic E-state index is -3.89. The summed E-state index contributed by atoms with van der Waals surface area (Å²) in [6.07, 6.45) is 0.0327. The van der Waals surface area contributed by atoms with Gasteiger partial charge in [-0.05, 0) is 12.1 Å². The number of methoxy groups -OCH3 is 2. The van der Waals surface area contributed by atoms with Crippen LogP contribution in [0, 0.1) is 0 Å². The fourth-order valence-corrected chi connectivity index (χ4v) is 5.10. The average Bonchev–Trinajstić information content (AvgIpc) is 2.86. The standard InChI is InChI=1S/C12H17NO6S2/c1-13(12(11(14)15)6-8(7-12)18-2)21(16,17)10-5-4-9(19-3)20-10/h4-5,8H,6-7H2,1-3H3,(H,14,15). The van der Waals surface area contributed by atoms with Crippen LogP contribution in [-0.4, -0.2) is 56.7 Å². The third kappa shape index (κ3) is 2.54. The molecule has 1 aliphatic carbocycles. The lowest BCUT2D eigenvalue weighted by molar-refractivity contribution is -0.162. The smallest absolute Gasteiger partial charge is 0.325 e. The van der Waals surface area contributed by atoms with Crippen LogP contribution in [-0.2, 0) is 19.6 Å². The van der Waals surface area contributed by atoms with E-state index >= 15 is 0 Å². The Kier molecular flexibility index (Phi) is 4.29. The molecule has 0 aliphatic heterocycles. The number of likely N-dealkylation sites (N-methyl/N-ethyl adjacent to an activating group) is 1. The number of hydrogen-bond donors (Lipinski definition) is 1. The maximum absolute atomic E-state index is 12.6. The van der Waals surface area contributed by atoms with Crippen LogP contribution in [0.4, 0.5) is 0 Å². The van der Waals surface area contributed by atoms with Crippen molar-refractivity contribution in [1.29, 1.82) is 0 Å². The highest BCUT2D eigenvalue weighted by atomic mass is 32.2. The van der Waals surface area contributed by atoms with E-state index in [1.54, 1.807) is 0 Å². The average molecular weight is 335 g/mol. The van der Waals surface area contributed by atoms with Crippen LogP contribution in [0.25, 0.3) is 0 Å². The first-order valence-electron chi connectivity index (χ1n) is 6.17. The molecule has 0 spiro atoms. The van der Waals surface area contributed by atoms with Gasteiger partial charge in [-0.15, -0.1) is 0 Å². The summed E-state index contributed by atoms with van der Waals surface area (Å²) in [4.78, 5) is 11.6. The van der Waals surface area contributed by atoms with Gasteiger partial charge in [0.05, 0.1) is 13.2 Å². The molecule has 1 aliphatic rings. The number of nitrogens with zero attached hydrogens (tertiary/aromatic N) is 1. The van der Waals surface area contributed by atoms with Gasteiger partial charge in [0.25, 0.3) is 10.0 Å². The van der Waals surface area contributed by atoms with Crippen LogP contribution < -0.4 is 4.74 Å². The zero-order valence-electron chi connectivity index (χ0n) is 11.9. The van der Waals surface area contributed by atoms with Crippen LogP contribution >= 0.6 is 11.3 Å². The Morgan fingerprint density at radius 2 is 2.05 bits per heavy atom. The van der Waals surface area contributed by atoms with E-state index in [2.05, 4.69) is 0 Å². The quantitative estimate of drug-likeness (QED) is 0.834. The highest BCUT2D eigenvalue weighted by molar-refractivity contribution is 7.91. The second kappa shape index (κ2) is 5.56. The number of carboxylic acids is 1. The van der Waals surface area contributed by atoms with Crippen molar-refractivity contribution in [1.82, 2.24) is 4.31 Å². The molecular formula is C12H17NO6S2. The van der Waals surface area contributed by atoms with Crippen molar-refractivity contribution in [2.45, 2.75) is 28.7 Å². The highest BCUT2D eigenvalue weighted by Gasteiger charge is 2.57. The van der Waals surface area contributed by atoms with Crippen LogP contribution in [0.15, 0.2) is 16.3 Å². The lowest BCUT2D eigenvalue weighted by Crippen LogP contribution is -2.64. The molecule has 0 bridgehead atoms. The Hall–Kier alpha value is -1.16. The maximum Gasteiger partial charge on any atom is 0.325 e. The van der Waals surface area contributed by atoms with Crippen molar-refractivity contribution in [2.24, 2.45) is 0 Å². The van der Waals surface area contributed by atoms with E-state index < -0.39 is 21.5 Å². The van der Waals surface area contributed by atoms with E-state index in [0.717, 1.165) is 15.6 Å². The molecule has 1 saturated carbocycles. The molecule has 7 nitrogen and oxygen atoms in total. The van der Waals surface area contributed by atoms with E-state index in [9.17, 15) is 18.3 Å². The second-order valence-electron chi connectivity index (χ2n) is 4.85. The van der Waals surface area contributed by atoms with E-state index in [-0.39, 0.29) is 23.2 Å². The van der Waals surface area contributed by atoms with E-state index in [0.29, 0.717) is 5.06 Å². The van der Waals surface area contributed by atoms with Crippen molar-refractivity contribution in [3.63, 3.8) is 0 Å². The van der Waals surface area contributed by atoms with Crippen molar-refractivity contribution >= 4 is 27.3 Å². The Morgan fingerprint density at radius 3 is 2.48 bits per heavy atom. The molecule has 0 unspecified atom stereocenters. The van der Waals surface area contributed by atoms with Gasteiger partial charge in [0.15, 0.2) is 5.06 Å². The normalized spacial score (nSPS) is 25.6. The van der Waals surface area contributed by atoms with Crippen LogP contribution in [0.2, 0.25) is 0 Å². The van der Waals surface area contributed by atoms with Crippen molar-refractivity contribution < 1.29 is 27.8 Å². The molecule has 1 fully saturated rings. The summed E-state index contributed by atoms with van der Waals surface area (Å²) in [5, 5.41) is 9.90. The number of hydrogen-bond acceptors (Lipinski definition) is 6. The SMILES string of the molecule is COc1ccc(S(=O)(=O)N(C)C2(C(=O)O)CC(OC)C2)s1. The summed E-state index contributed by atoms with van der Waals surface area (Å²) in [6.45, 7) is 0. The monoisotopic (exact) mass is 335 g/mol. The third-order valence-corrected chi connectivity index (χ3v) is 7.28. The van der Waals surface area contributed by atoms with Gasteiger partial charge in [-0.3, -0.25) is 4.79 Å². The first-order chi connectivity index (χ1) is 9.77. The van der Waals surface area contributed by atoms with Crippen molar-refractivity contribution in [2.75, 3.05) is 21.3 Å². The molecular weight excluding hydrogens is 318 g/mol. The molecule has 0 amide bonds. The molecule has 1 N–H and O–H groups in total. The molecule has 1 aromatic rings. The zero-order valence-corrected chi connectivity index (χ0v) is 13.5. The Bertz CT molecular complexity index is 632.